The second-order valence-corrected chi connectivity index (χ2v) is 7.25. The second-order valence-electron chi connectivity index (χ2n) is 7.25. The summed E-state index contributed by atoms with van der Waals surface area (Å²) in [5.74, 6) is 0.530. The van der Waals surface area contributed by atoms with Crippen molar-refractivity contribution in [1.82, 2.24) is 0 Å². The van der Waals surface area contributed by atoms with Gasteiger partial charge in [-0.15, -0.1) is 0 Å². The van der Waals surface area contributed by atoms with E-state index in [9.17, 15) is 31.4 Å². The number of hydrogen-bond acceptors (Lipinski definition) is 4. The van der Waals surface area contributed by atoms with Crippen molar-refractivity contribution in [2.45, 2.75) is 44.3 Å². The maximum absolute atomic E-state index is 13.1. The van der Waals surface area contributed by atoms with Crippen molar-refractivity contribution in [3.8, 4) is 5.75 Å². The van der Waals surface area contributed by atoms with Gasteiger partial charge < -0.3 is 19.8 Å². The molecule has 2 N–H and O–H groups in total. The van der Waals surface area contributed by atoms with Crippen LogP contribution in [0.15, 0.2) is 48.5 Å². The molecule has 2 rings (SSSR count). The number of hydrogen-bond donors (Lipinski definition) is 2. The Hall–Kier alpha value is -2.46. The lowest BCUT2D eigenvalue weighted by Crippen LogP contribution is -2.53. The van der Waals surface area contributed by atoms with E-state index in [0.717, 1.165) is 30.5 Å². The molecule has 0 aliphatic rings. The van der Waals surface area contributed by atoms with E-state index in [1.807, 2.05) is 17.9 Å². The van der Waals surface area contributed by atoms with Gasteiger partial charge in [0, 0.05) is 24.3 Å². The molecular weight excluding hydrogens is 440 g/mol. The number of ether oxygens (including phenoxy) is 1. The monoisotopic (exact) mass is 465 g/mol. The molecule has 0 fully saturated rings. The number of alkyl halides is 6. The minimum Gasteiger partial charge on any atom is -0.491 e. The predicted octanol–water partition coefficient (Wildman–Crippen LogP) is 5.18. The third kappa shape index (κ3) is 5.86. The van der Waals surface area contributed by atoms with Crippen LogP contribution in [0.5, 0.6) is 5.75 Å². The van der Waals surface area contributed by atoms with Crippen molar-refractivity contribution in [3.05, 3.63) is 59.7 Å². The van der Waals surface area contributed by atoms with Crippen LogP contribution < -0.4 is 9.64 Å². The van der Waals surface area contributed by atoms with Gasteiger partial charge in [-0.2, -0.15) is 26.3 Å². The van der Waals surface area contributed by atoms with Crippen LogP contribution in [-0.4, -0.2) is 42.3 Å². The summed E-state index contributed by atoms with van der Waals surface area (Å²) in [4.78, 5) is 1.82. The molecule has 0 aliphatic carbocycles. The van der Waals surface area contributed by atoms with Gasteiger partial charge in [0.1, 0.15) is 12.4 Å². The first-order valence-electron chi connectivity index (χ1n) is 9.98. The Kier molecular flexibility index (Phi) is 8.41. The fourth-order valence-corrected chi connectivity index (χ4v) is 3.17. The van der Waals surface area contributed by atoms with Crippen molar-refractivity contribution < 1.29 is 41.3 Å². The molecule has 0 aliphatic heterocycles. The quantitative estimate of drug-likeness (QED) is 0.475. The summed E-state index contributed by atoms with van der Waals surface area (Å²) >= 11 is 0. The standard InChI is InChI=1S/C22H25F6NO3/c1-2-3-11-29(15-16-5-4-6-19(14-16)32-13-12-30)18-9-7-17(8-10-18)20(31,21(23,24)25)22(26,27)28/h4-10,14,30-31H,2-3,11-13,15H2,1H3. The van der Waals surface area contributed by atoms with Gasteiger partial charge in [0.25, 0.3) is 5.60 Å². The first-order valence-corrected chi connectivity index (χ1v) is 9.98. The average molecular weight is 465 g/mol. The smallest absolute Gasteiger partial charge is 0.430 e. The van der Waals surface area contributed by atoms with Crippen LogP contribution in [0, 0.1) is 0 Å². The largest absolute Gasteiger partial charge is 0.491 e. The van der Waals surface area contributed by atoms with Crippen LogP contribution in [0.3, 0.4) is 0 Å². The highest BCUT2D eigenvalue weighted by Crippen LogP contribution is 2.50. The molecule has 0 saturated heterocycles. The summed E-state index contributed by atoms with van der Waals surface area (Å²) in [6.45, 7) is 2.77. The molecular formula is C22H25F6NO3. The Morgan fingerprint density at radius 3 is 2.09 bits per heavy atom. The number of rotatable bonds is 10. The zero-order valence-electron chi connectivity index (χ0n) is 17.4. The highest BCUT2D eigenvalue weighted by Gasteiger charge is 2.71. The highest BCUT2D eigenvalue weighted by atomic mass is 19.4. The number of nitrogens with zero attached hydrogens (tertiary/aromatic N) is 1. The molecule has 2 aromatic carbocycles. The van der Waals surface area contributed by atoms with Crippen molar-refractivity contribution >= 4 is 5.69 Å². The SMILES string of the molecule is CCCCN(Cc1cccc(OCCO)c1)c1ccc(C(O)(C(F)(F)F)C(F)(F)F)cc1. The molecule has 0 unspecified atom stereocenters. The molecule has 0 atom stereocenters. The van der Waals surface area contributed by atoms with Gasteiger partial charge in [-0.05, 0) is 36.2 Å². The van der Waals surface area contributed by atoms with E-state index < -0.39 is 23.5 Å². The van der Waals surface area contributed by atoms with Crippen LogP contribution in [0.25, 0.3) is 0 Å². The summed E-state index contributed by atoms with van der Waals surface area (Å²) in [7, 11) is 0. The molecule has 32 heavy (non-hydrogen) atoms. The summed E-state index contributed by atoms with van der Waals surface area (Å²) < 4.78 is 84.1. The minimum atomic E-state index is -5.93. The van der Waals surface area contributed by atoms with Gasteiger partial charge in [0.05, 0.1) is 6.61 Å². The number of benzene rings is 2. The van der Waals surface area contributed by atoms with Gasteiger partial charge in [-0.3, -0.25) is 0 Å². The van der Waals surface area contributed by atoms with Gasteiger partial charge in [0.15, 0.2) is 0 Å². The van der Waals surface area contributed by atoms with Crippen molar-refractivity contribution in [2.75, 3.05) is 24.7 Å². The topological polar surface area (TPSA) is 52.9 Å². The van der Waals surface area contributed by atoms with E-state index in [1.54, 1.807) is 18.2 Å². The van der Waals surface area contributed by atoms with E-state index in [4.69, 9.17) is 9.84 Å². The normalized spacial score (nSPS) is 12.7. The maximum atomic E-state index is 13.1. The zero-order chi connectivity index (χ0) is 24.0. The summed E-state index contributed by atoms with van der Waals surface area (Å²) in [5, 5.41) is 18.4. The molecule has 0 amide bonds. The van der Waals surface area contributed by atoms with Gasteiger partial charge in [0.2, 0.25) is 0 Å². The first kappa shape index (κ1) is 25.8. The van der Waals surface area contributed by atoms with Crippen LogP contribution in [0.1, 0.15) is 30.9 Å². The van der Waals surface area contributed by atoms with Crippen molar-refractivity contribution in [1.29, 1.82) is 0 Å². The van der Waals surface area contributed by atoms with Crippen LogP contribution in [-0.2, 0) is 12.1 Å². The lowest BCUT2D eigenvalue weighted by atomic mass is 9.92. The molecule has 0 radical (unpaired) electrons. The van der Waals surface area contributed by atoms with E-state index >= 15 is 0 Å². The third-order valence-electron chi connectivity index (χ3n) is 4.88. The first-order chi connectivity index (χ1) is 14.9. The summed E-state index contributed by atoms with van der Waals surface area (Å²) in [5.41, 5.74) is -5.03. The maximum Gasteiger partial charge on any atom is 0.430 e. The average Bonchev–Trinajstić information content (AvgIpc) is 2.73. The Morgan fingerprint density at radius 2 is 1.56 bits per heavy atom. The molecule has 0 heterocycles. The second kappa shape index (κ2) is 10.4. The molecule has 0 saturated carbocycles. The van der Waals surface area contributed by atoms with E-state index in [1.165, 1.54) is 0 Å². The Balaban J connectivity index is 2.33. The summed E-state index contributed by atoms with van der Waals surface area (Å²) in [6, 6.07) is 10.6. The minimum absolute atomic E-state index is 0.117. The van der Waals surface area contributed by atoms with E-state index in [2.05, 4.69) is 0 Å². The van der Waals surface area contributed by atoms with Gasteiger partial charge >= 0.3 is 12.4 Å². The van der Waals surface area contributed by atoms with Gasteiger partial charge in [-0.25, -0.2) is 0 Å². The van der Waals surface area contributed by atoms with Gasteiger partial charge in [-0.1, -0.05) is 37.6 Å². The Labute approximate surface area is 182 Å². The molecule has 0 aromatic heterocycles. The van der Waals surface area contributed by atoms with E-state index in [0.29, 0.717) is 36.7 Å². The fourth-order valence-electron chi connectivity index (χ4n) is 3.17. The Morgan fingerprint density at radius 1 is 0.938 bits per heavy atom. The molecule has 0 bridgehead atoms. The fraction of sp³-hybridized carbons (Fsp3) is 0.455. The number of aliphatic hydroxyl groups excluding tert-OH is 1. The van der Waals surface area contributed by atoms with Crippen LogP contribution in [0.2, 0.25) is 0 Å². The zero-order valence-corrected chi connectivity index (χ0v) is 17.4. The molecule has 2 aromatic rings. The lowest BCUT2D eigenvalue weighted by Gasteiger charge is -2.33. The van der Waals surface area contributed by atoms with Crippen LogP contribution in [0.4, 0.5) is 32.0 Å². The van der Waals surface area contributed by atoms with Crippen molar-refractivity contribution in [3.63, 3.8) is 0 Å². The molecule has 178 valence electrons. The van der Waals surface area contributed by atoms with Crippen molar-refractivity contribution in [2.24, 2.45) is 0 Å². The Bertz CT molecular complexity index is 838. The number of halogens is 6. The molecule has 10 heteroatoms. The van der Waals surface area contributed by atoms with Crippen LogP contribution >= 0.6 is 0 Å². The lowest BCUT2D eigenvalue weighted by molar-refractivity contribution is -0.376. The highest BCUT2D eigenvalue weighted by molar-refractivity contribution is 5.50. The molecule has 4 nitrogen and oxygen atoms in total. The number of unbranched alkanes of at least 4 members (excludes halogenated alkanes) is 1. The predicted molar refractivity (Wildman–Crippen MR) is 107 cm³/mol. The number of aliphatic hydroxyl groups is 2. The summed E-state index contributed by atoms with van der Waals surface area (Å²) in [6.07, 6.45) is -10.3. The molecule has 0 spiro atoms. The third-order valence-corrected chi connectivity index (χ3v) is 4.88. The number of anilines is 1. The van der Waals surface area contributed by atoms with E-state index in [-0.39, 0.29) is 13.2 Å².